The van der Waals surface area contributed by atoms with E-state index in [4.69, 9.17) is 14.1 Å². The van der Waals surface area contributed by atoms with Crippen LogP contribution in [0.25, 0.3) is 83.9 Å². The zero-order valence-corrected chi connectivity index (χ0v) is 39.9. The molecule has 9 aromatic rings. The number of aromatic hydroxyl groups is 1. The molecule has 0 amide bonds. The Balaban J connectivity index is 1.41. The lowest BCUT2D eigenvalue weighted by Crippen LogP contribution is -2.17. The summed E-state index contributed by atoms with van der Waals surface area (Å²) in [6.07, 6.45) is 1.89. The van der Waals surface area contributed by atoms with Crippen molar-refractivity contribution in [2.24, 2.45) is 0 Å². The summed E-state index contributed by atoms with van der Waals surface area (Å²) in [5, 5.41) is 12.7. The maximum Gasteiger partial charge on any atom is 0.149 e. The molecule has 0 saturated heterocycles. The normalized spacial score (nSPS) is 13.1. The fourth-order valence-electron chi connectivity index (χ4n) is 8.92. The molecule has 330 valence electrons. The summed E-state index contributed by atoms with van der Waals surface area (Å²) in [5.74, 6) is 0.706. The number of pyridine rings is 1. The van der Waals surface area contributed by atoms with Crippen molar-refractivity contribution in [1.82, 2.24) is 14.5 Å². The van der Waals surface area contributed by atoms with Gasteiger partial charge >= 0.3 is 0 Å². The summed E-state index contributed by atoms with van der Waals surface area (Å²) in [4.78, 5) is 10.6. The van der Waals surface area contributed by atoms with Gasteiger partial charge in [0.25, 0.3) is 0 Å². The Morgan fingerprint density at radius 2 is 1.14 bits per heavy atom. The van der Waals surface area contributed by atoms with Crippen LogP contribution in [0.2, 0.25) is 0 Å². The van der Waals surface area contributed by atoms with Gasteiger partial charge in [-0.1, -0.05) is 177 Å². The molecular weight excluding hydrogens is 803 g/mol. The molecule has 66 heavy (non-hydrogen) atoms. The van der Waals surface area contributed by atoms with Gasteiger partial charge in [0.2, 0.25) is 0 Å². The minimum absolute atomic E-state index is 0.161. The van der Waals surface area contributed by atoms with Gasteiger partial charge in [-0.2, -0.15) is 0 Å². The Hall–Kier alpha value is -7.04. The Labute approximate surface area is 395 Å². The zero-order chi connectivity index (χ0) is 49.2. The predicted molar refractivity (Wildman–Crippen MR) is 279 cm³/mol. The SMILES string of the molecule is [2H]C([2H])([2H])c1cc(-c2ccccc2)c(-n2c(-c3cc(C(C)(C)C)cc(C(C)(C)C)c3O)nc3c(-c4cc(-c5cc(-c6ccc(C)cc6)ccn5)cc(C(C)(C)C)c4)cccc32)cc1-c1ccccc1. The van der Waals surface area contributed by atoms with E-state index < -0.39 is 12.3 Å². The van der Waals surface area contributed by atoms with Crippen molar-refractivity contribution in [2.45, 2.75) is 92.3 Å². The van der Waals surface area contributed by atoms with Crippen molar-refractivity contribution in [3.05, 3.63) is 192 Å². The van der Waals surface area contributed by atoms with Crippen molar-refractivity contribution in [3.8, 4) is 78.6 Å². The van der Waals surface area contributed by atoms with Crippen molar-refractivity contribution >= 4 is 11.0 Å². The van der Waals surface area contributed by atoms with E-state index in [0.717, 1.165) is 83.6 Å². The molecule has 2 heterocycles. The first-order valence-corrected chi connectivity index (χ1v) is 23.0. The van der Waals surface area contributed by atoms with Gasteiger partial charge in [0, 0.05) is 32.6 Å². The molecular formula is C62H61N3O. The standard InChI is InChI=1S/C62H61N3O/c1-39-25-27-41(28-26-39)44-29-30-63-54(35-44)46-32-45(33-47(34-46)60(3,4)5)49-23-18-24-55-57(49)64-59(52-36-48(61(6,7)8)37-53(58(52)66)62(9,10)11)65(55)56-38-50(42-19-14-12-15-20-42)40(2)31-51(56)43-21-16-13-17-22-43/h12-38,66H,1-11H3/i2D3. The number of aryl methyl sites for hydroxylation is 2. The monoisotopic (exact) mass is 867 g/mol. The number of hydrogen-bond donors (Lipinski definition) is 1. The maximum atomic E-state index is 12.7. The molecule has 2 aromatic heterocycles. The van der Waals surface area contributed by atoms with Crippen LogP contribution in [0.1, 0.15) is 94.2 Å². The molecule has 0 aliphatic heterocycles. The number of aromatic nitrogens is 3. The fraction of sp³-hybridized carbons (Fsp3) is 0.226. The second-order valence-electron chi connectivity index (χ2n) is 20.9. The number of hydrogen-bond acceptors (Lipinski definition) is 3. The number of phenolic OH excluding ortho intramolecular Hbond substituents is 1. The summed E-state index contributed by atoms with van der Waals surface area (Å²) in [7, 11) is 0. The third kappa shape index (κ3) is 8.49. The van der Waals surface area contributed by atoms with Crippen molar-refractivity contribution in [1.29, 1.82) is 0 Å². The number of nitrogens with zero attached hydrogens (tertiary/aromatic N) is 3. The van der Waals surface area contributed by atoms with Gasteiger partial charge in [-0.15, -0.1) is 0 Å². The molecule has 7 aromatic carbocycles. The first-order chi connectivity index (χ1) is 32.6. The molecule has 9 rings (SSSR count). The maximum absolute atomic E-state index is 12.7. The lowest BCUT2D eigenvalue weighted by Gasteiger charge is -2.28. The summed E-state index contributed by atoms with van der Waals surface area (Å²) in [6.45, 7) is 19.3. The molecule has 0 fully saturated rings. The number of imidazole rings is 1. The van der Waals surface area contributed by atoms with E-state index in [2.05, 4.69) is 159 Å². The fourth-order valence-corrected chi connectivity index (χ4v) is 8.92. The lowest BCUT2D eigenvalue weighted by atomic mass is 9.79. The molecule has 0 spiro atoms. The Bertz CT molecular complexity index is 3360. The van der Waals surface area contributed by atoms with Crippen LogP contribution in [0, 0.1) is 13.8 Å². The van der Waals surface area contributed by atoms with E-state index in [1.54, 1.807) is 0 Å². The highest BCUT2D eigenvalue weighted by Gasteiger charge is 2.30. The molecule has 0 aliphatic carbocycles. The van der Waals surface area contributed by atoms with Gasteiger partial charge in [0.05, 0.1) is 28.0 Å². The molecule has 4 heteroatoms. The van der Waals surface area contributed by atoms with Gasteiger partial charge in [0.1, 0.15) is 11.6 Å². The van der Waals surface area contributed by atoms with Crippen molar-refractivity contribution in [2.75, 3.05) is 0 Å². The molecule has 0 bridgehead atoms. The number of rotatable bonds is 7. The Morgan fingerprint density at radius 3 is 1.77 bits per heavy atom. The molecule has 4 nitrogen and oxygen atoms in total. The van der Waals surface area contributed by atoms with Crippen LogP contribution in [0.4, 0.5) is 0 Å². The van der Waals surface area contributed by atoms with Crippen LogP contribution in [0.15, 0.2) is 164 Å². The summed E-state index contributed by atoms with van der Waals surface area (Å²) < 4.78 is 28.8. The van der Waals surface area contributed by atoms with Gasteiger partial charge in [0.15, 0.2) is 0 Å². The van der Waals surface area contributed by atoms with Crippen LogP contribution in [-0.2, 0) is 16.2 Å². The van der Waals surface area contributed by atoms with E-state index in [9.17, 15) is 5.11 Å². The van der Waals surface area contributed by atoms with Crippen LogP contribution in [0.3, 0.4) is 0 Å². The van der Waals surface area contributed by atoms with Gasteiger partial charge in [-0.3, -0.25) is 9.55 Å². The average molecular weight is 867 g/mol. The third-order valence-corrected chi connectivity index (χ3v) is 12.8. The molecule has 0 unspecified atom stereocenters. The highest BCUT2D eigenvalue weighted by molar-refractivity contribution is 5.98. The summed E-state index contributed by atoms with van der Waals surface area (Å²) >= 11 is 0. The minimum atomic E-state index is -2.43. The van der Waals surface area contributed by atoms with Crippen LogP contribution >= 0.6 is 0 Å². The lowest BCUT2D eigenvalue weighted by molar-refractivity contribution is 0.446. The second-order valence-corrected chi connectivity index (χ2v) is 20.9. The highest BCUT2D eigenvalue weighted by atomic mass is 16.3. The van der Waals surface area contributed by atoms with E-state index in [0.29, 0.717) is 17.0 Å². The number of phenols is 1. The van der Waals surface area contributed by atoms with Crippen LogP contribution < -0.4 is 0 Å². The molecule has 0 aliphatic rings. The molecule has 0 atom stereocenters. The molecule has 0 saturated carbocycles. The van der Waals surface area contributed by atoms with Gasteiger partial charge in [-0.25, -0.2) is 4.98 Å². The summed E-state index contributed by atoms with van der Waals surface area (Å²) in [6, 6.07) is 53.6. The first-order valence-electron chi connectivity index (χ1n) is 24.5. The molecule has 1 N–H and O–H groups in total. The van der Waals surface area contributed by atoms with Gasteiger partial charge in [-0.05, 0) is 129 Å². The Kier molecular flexibility index (Phi) is 10.3. The smallest absolute Gasteiger partial charge is 0.149 e. The number of fused-ring (bicyclic) bond motifs is 1. The third-order valence-electron chi connectivity index (χ3n) is 12.8. The van der Waals surface area contributed by atoms with Crippen LogP contribution in [0.5, 0.6) is 5.75 Å². The number of benzene rings is 7. The van der Waals surface area contributed by atoms with Crippen LogP contribution in [-0.4, -0.2) is 19.6 Å². The molecule has 0 radical (unpaired) electrons. The predicted octanol–water partition coefficient (Wildman–Crippen LogP) is 16.6. The Morgan fingerprint density at radius 1 is 0.500 bits per heavy atom. The summed E-state index contributed by atoms with van der Waals surface area (Å²) in [5.41, 5.74) is 15.4. The number of para-hydroxylation sites is 1. The van der Waals surface area contributed by atoms with Gasteiger partial charge < -0.3 is 5.11 Å². The van der Waals surface area contributed by atoms with Crippen molar-refractivity contribution in [3.63, 3.8) is 0 Å². The second kappa shape index (κ2) is 16.7. The highest BCUT2D eigenvalue weighted by Crippen LogP contribution is 2.47. The quantitative estimate of drug-likeness (QED) is 0.174. The van der Waals surface area contributed by atoms with E-state index in [1.165, 1.54) is 5.56 Å². The van der Waals surface area contributed by atoms with E-state index >= 15 is 0 Å². The topological polar surface area (TPSA) is 50.9 Å². The average Bonchev–Trinajstić information content (AvgIpc) is 3.70. The first kappa shape index (κ1) is 40.5. The minimum Gasteiger partial charge on any atom is -0.507 e. The largest absolute Gasteiger partial charge is 0.507 e. The van der Waals surface area contributed by atoms with Crippen molar-refractivity contribution < 1.29 is 9.22 Å². The van der Waals surface area contributed by atoms with E-state index in [-0.39, 0.29) is 22.1 Å². The van der Waals surface area contributed by atoms with E-state index in [1.807, 2.05) is 79.0 Å². The zero-order valence-electron chi connectivity index (χ0n) is 42.9.